The fourth-order valence-electron chi connectivity index (χ4n) is 0.952. The molecule has 0 rings (SSSR count). The lowest BCUT2D eigenvalue weighted by Crippen LogP contribution is -2.14. The summed E-state index contributed by atoms with van der Waals surface area (Å²) in [6, 6.07) is 0. The lowest BCUT2D eigenvalue weighted by atomic mass is 10.2. The van der Waals surface area contributed by atoms with Crippen LogP contribution in [-0.2, 0) is 28.7 Å². The van der Waals surface area contributed by atoms with Gasteiger partial charge in [-0.25, -0.2) is 4.79 Å². The Morgan fingerprint density at radius 2 is 1.54 bits per heavy atom. The van der Waals surface area contributed by atoms with E-state index in [2.05, 4.69) is 22.6 Å². The fourth-order valence-corrected chi connectivity index (χ4v) is 0.952. The van der Waals surface area contributed by atoms with Crippen LogP contribution in [0.1, 0.15) is 26.2 Å². The number of carboxylic acids is 1. The van der Waals surface area contributed by atoms with E-state index in [0.29, 0.717) is 0 Å². The van der Waals surface area contributed by atoms with Crippen molar-refractivity contribution in [2.45, 2.75) is 26.2 Å². The molecule has 0 aromatic rings. The Kier molecular flexibility index (Phi) is 13.7. The smallest absolute Gasteiger partial charge is 0.333 e. The molecule has 0 aliphatic heterocycles. The molecular weight excluding hydrogens is 322 g/mol. The van der Waals surface area contributed by atoms with Gasteiger partial charge in [0.15, 0.2) is 0 Å². The molecule has 0 aliphatic rings. The molecule has 4 N–H and O–H groups in total. The van der Waals surface area contributed by atoms with E-state index in [1.54, 1.807) is 0 Å². The van der Waals surface area contributed by atoms with Gasteiger partial charge in [0.25, 0.3) is 0 Å². The third-order valence-corrected chi connectivity index (χ3v) is 2.23. The highest BCUT2D eigenvalue weighted by Gasteiger charge is 2.07. The van der Waals surface area contributed by atoms with E-state index in [-0.39, 0.29) is 50.2 Å². The number of carbonyl (C=O) groups excluding carboxylic acids is 3. The van der Waals surface area contributed by atoms with E-state index in [9.17, 15) is 19.2 Å². The fraction of sp³-hybridized carbons (Fsp3) is 0.467. The molecule has 24 heavy (non-hydrogen) atoms. The molecule has 0 saturated carbocycles. The Morgan fingerprint density at radius 1 is 1.00 bits per heavy atom. The van der Waals surface area contributed by atoms with Crippen molar-refractivity contribution < 1.29 is 38.9 Å². The molecule has 0 fully saturated rings. The second-order valence-electron chi connectivity index (χ2n) is 4.47. The molecule has 0 bridgehead atoms. The number of aliphatic hydroxyl groups is 1. The molecule has 0 aromatic heterocycles. The zero-order valence-electron chi connectivity index (χ0n) is 13.6. The molecule has 0 saturated heterocycles. The molecule has 0 aliphatic carbocycles. The summed E-state index contributed by atoms with van der Waals surface area (Å²) in [6.45, 7) is 7.96. The molecule has 9 nitrogen and oxygen atoms in total. The zero-order chi connectivity index (χ0) is 19.1. The van der Waals surface area contributed by atoms with Crippen LogP contribution in [0.15, 0.2) is 24.3 Å². The first-order chi connectivity index (χ1) is 11.1. The SMILES string of the molecule is C=C(C)C(=O)OCCOC(=O)CCC(=O)O.C=C(CCO)C(N)=O. The molecule has 0 aromatic carbocycles. The highest BCUT2D eigenvalue weighted by atomic mass is 16.6. The monoisotopic (exact) mass is 345 g/mol. The summed E-state index contributed by atoms with van der Waals surface area (Å²) in [5, 5.41) is 16.5. The van der Waals surface area contributed by atoms with Crippen LogP contribution in [-0.4, -0.2) is 53.8 Å². The largest absolute Gasteiger partial charge is 0.481 e. The van der Waals surface area contributed by atoms with Gasteiger partial charge in [-0.15, -0.1) is 0 Å². The summed E-state index contributed by atoms with van der Waals surface area (Å²) in [7, 11) is 0. The standard InChI is InChI=1S/C10H14O6.C5H9NO2/c1-7(2)10(14)16-6-5-15-9(13)4-3-8(11)12;1-4(2-3-7)5(6)8/h1,3-6H2,2H3,(H,11,12);7H,1-3H2,(H2,6,8). The minimum Gasteiger partial charge on any atom is -0.481 e. The first kappa shape index (κ1) is 23.6. The second kappa shape index (κ2) is 13.9. The van der Waals surface area contributed by atoms with Crippen molar-refractivity contribution in [1.82, 2.24) is 0 Å². The summed E-state index contributed by atoms with van der Waals surface area (Å²) in [5.41, 5.74) is 5.30. The second-order valence-corrected chi connectivity index (χ2v) is 4.47. The van der Waals surface area contributed by atoms with E-state index < -0.39 is 23.8 Å². The molecule has 0 radical (unpaired) electrons. The van der Waals surface area contributed by atoms with Crippen molar-refractivity contribution in [3.05, 3.63) is 24.3 Å². The number of carboxylic acid groups (broad SMARTS) is 1. The van der Waals surface area contributed by atoms with Crippen molar-refractivity contribution in [1.29, 1.82) is 0 Å². The van der Waals surface area contributed by atoms with Gasteiger partial charge in [0, 0.05) is 24.2 Å². The number of ether oxygens (including phenoxy) is 2. The van der Waals surface area contributed by atoms with E-state index >= 15 is 0 Å². The maximum Gasteiger partial charge on any atom is 0.333 e. The highest BCUT2D eigenvalue weighted by Crippen LogP contribution is 1.95. The van der Waals surface area contributed by atoms with Crippen molar-refractivity contribution in [3.63, 3.8) is 0 Å². The maximum atomic E-state index is 10.9. The van der Waals surface area contributed by atoms with Gasteiger partial charge in [-0.3, -0.25) is 14.4 Å². The molecule has 136 valence electrons. The van der Waals surface area contributed by atoms with Crippen LogP contribution in [0.5, 0.6) is 0 Å². The molecular formula is C15H23NO8. The van der Waals surface area contributed by atoms with Gasteiger partial charge in [0.1, 0.15) is 13.2 Å². The van der Waals surface area contributed by atoms with Crippen molar-refractivity contribution in [2.75, 3.05) is 19.8 Å². The zero-order valence-corrected chi connectivity index (χ0v) is 13.6. The van der Waals surface area contributed by atoms with Gasteiger partial charge in [0.05, 0.1) is 12.8 Å². The van der Waals surface area contributed by atoms with Crippen molar-refractivity contribution in [3.8, 4) is 0 Å². The van der Waals surface area contributed by atoms with Crippen LogP contribution in [0.3, 0.4) is 0 Å². The summed E-state index contributed by atoms with van der Waals surface area (Å²) >= 11 is 0. The predicted molar refractivity (Wildman–Crippen MR) is 83.6 cm³/mol. The number of hydrogen-bond acceptors (Lipinski definition) is 7. The van der Waals surface area contributed by atoms with Crippen molar-refractivity contribution in [2.24, 2.45) is 5.73 Å². The van der Waals surface area contributed by atoms with E-state index in [1.807, 2.05) is 0 Å². The number of esters is 2. The Hall–Kier alpha value is -2.68. The molecule has 1 amide bonds. The number of rotatable bonds is 10. The van der Waals surface area contributed by atoms with Crippen LogP contribution in [0, 0.1) is 0 Å². The number of hydrogen-bond donors (Lipinski definition) is 3. The van der Waals surface area contributed by atoms with E-state index in [4.69, 9.17) is 15.9 Å². The minimum atomic E-state index is -1.06. The van der Waals surface area contributed by atoms with Crippen LogP contribution in [0.4, 0.5) is 0 Å². The Bertz CT molecular complexity index is 484. The van der Waals surface area contributed by atoms with Crippen LogP contribution in [0.25, 0.3) is 0 Å². The van der Waals surface area contributed by atoms with Crippen LogP contribution in [0.2, 0.25) is 0 Å². The van der Waals surface area contributed by atoms with Crippen molar-refractivity contribution >= 4 is 23.8 Å². The normalized spacial score (nSPS) is 9.08. The number of nitrogens with two attached hydrogens (primary N) is 1. The number of aliphatic carboxylic acids is 1. The minimum absolute atomic E-state index is 0.0650. The van der Waals surface area contributed by atoms with Gasteiger partial charge in [-0.05, 0) is 6.92 Å². The average molecular weight is 345 g/mol. The Balaban J connectivity index is 0. The highest BCUT2D eigenvalue weighted by molar-refractivity contribution is 5.91. The summed E-state index contributed by atoms with van der Waals surface area (Å²) < 4.78 is 9.26. The van der Waals surface area contributed by atoms with Gasteiger partial charge >= 0.3 is 17.9 Å². The molecule has 0 spiro atoms. The average Bonchev–Trinajstić information content (AvgIpc) is 2.49. The maximum absolute atomic E-state index is 10.9. The lowest BCUT2D eigenvalue weighted by molar-refractivity contribution is -0.151. The predicted octanol–water partition coefficient (Wildman–Crippen LogP) is -0.0760. The number of primary amides is 1. The Morgan fingerprint density at radius 3 is 1.92 bits per heavy atom. The number of carbonyl (C=O) groups is 4. The van der Waals surface area contributed by atoms with Gasteiger partial charge in [-0.1, -0.05) is 13.2 Å². The summed E-state index contributed by atoms with van der Waals surface area (Å²) in [6.07, 6.45) is -0.191. The molecule has 9 heteroatoms. The molecule has 0 atom stereocenters. The first-order valence-corrected chi connectivity index (χ1v) is 6.90. The number of aliphatic hydroxyl groups excluding tert-OH is 1. The third-order valence-electron chi connectivity index (χ3n) is 2.23. The van der Waals surface area contributed by atoms with Gasteiger partial charge in [0.2, 0.25) is 5.91 Å². The van der Waals surface area contributed by atoms with E-state index in [1.165, 1.54) is 6.92 Å². The molecule has 0 heterocycles. The van der Waals surface area contributed by atoms with Crippen LogP contribution < -0.4 is 5.73 Å². The molecule has 0 unspecified atom stereocenters. The summed E-state index contributed by atoms with van der Waals surface area (Å²) in [5.74, 6) is -2.79. The Labute approximate surface area is 139 Å². The lowest BCUT2D eigenvalue weighted by Gasteiger charge is -2.05. The van der Waals surface area contributed by atoms with E-state index in [0.717, 1.165) is 0 Å². The third kappa shape index (κ3) is 15.7. The quantitative estimate of drug-likeness (QED) is 0.282. The summed E-state index contributed by atoms with van der Waals surface area (Å²) in [4.78, 5) is 42.0. The first-order valence-electron chi connectivity index (χ1n) is 6.90. The number of amides is 1. The van der Waals surface area contributed by atoms with Gasteiger partial charge < -0.3 is 25.4 Å². The topological polar surface area (TPSA) is 153 Å². The van der Waals surface area contributed by atoms with Crippen LogP contribution >= 0.6 is 0 Å². The van der Waals surface area contributed by atoms with Gasteiger partial charge in [-0.2, -0.15) is 0 Å².